The van der Waals surface area contributed by atoms with Gasteiger partial charge in [0.1, 0.15) is 5.69 Å². The maximum atomic E-state index is 11.7. The summed E-state index contributed by atoms with van der Waals surface area (Å²) in [5, 5.41) is 9.28. The Bertz CT molecular complexity index is 802. The largest absolute Gasteiger partial charge is 0.378 e. The van der Waals surface area contributed by atoms with Crippen molar-refractivity contribution in [2.45, 2.75) is 13.3 Å². The summed E-state index contributed by atoms with van der Waals surface area (Å²) in [6.07, 6.45) is 0.418. The van der Waals surface area contributed by atoms with Gasteiger partial charge in [0, 0.05) is 37.4 Å². The molecule has 136 valence electrons. The lowest BCUT2D eigenvalue weighted by Crippen LogP contribution is -2.36. The van der Waals surface area contributed by atoms with Crippen LogP contribution in [0.4, 0.5) is 28.8 Å². The summed E-state index contributed by atoms with van der Waals surface area (Å²) in [5.41, 5.74) is 3.48. The molecule has 0 spiro atoms. The molecule has 1 saturated heterocycles. The van der Waals surface area contributed by atoms with E-state index in [0.717, 1.165) is 37.7 Å². The minimum atomic E-state index is -0.0256. The molecule has 3 N–H and O–H groups in total. The molecule has 0 unspecified atom stereocenters. The summed E-state index contributed by atoms with van der Waals surface area (Å²) in [6, 6.07) is 8.21. The van der Waals surface area contributed by atoms with Gasteiger partial charge in [-0.2, -0.15) is 4.98 Å². The second kappa shape index (κ2) is 7.17. The fraction of sp³-hybridized carbons (Fsp3) is 0.389. The summed E-state index contributed by atoms with van der Waals surface area (Å²) in [6.45, 7) is 5.79. The predicted molar refractivity (Wildman–Crippen MR) is 101 cm³/mol. The average molecular weight is 354 g/mol. The highest BCUT2D eigenvalue weighted by Crippen LogP contribution is 2.28. The Morgan fingerprint density at radius 1 is 1.15 bits per heavy atom. The minimum Gasteiger partial charge on any atom is -0.378 e. The number of carbonyl (C=O) groups excluding carboxylic acids is 1. The molecule has 2 aliphatic rings. The van der Waals surface area contributed by atoms with Gasteiger partial charge in [-0.25, -0.2) is 4.98 Å². The molecule has 1 aromatic heterocycles. The Kier molecular flexibility index (Phi) is 4.57. The van der Waals surface area contributed by atoms with E-state index in [-0.39, 0.29) is 5.91 Å². The fourth-order valence-corrected chi connectivity index (χ4v) is 3.11. The first-order valence-electron chi connectivity index (χ1n) is 8.81. The number of benzene rings is 1. The van der Waals surface area contributed by atoms with E-state index in [4.69, 9.17) is 4.74 Å². The maximum Gasteiger partial charge on any atom is 0.229 e. The number of hydrogen-bond acceptors (Lipinski definition) is 7. The van der Waals surface area contributed by atoms with E-state index in [1.807, 2.05) is 19.1 Å². The summed E-state index contributed by atoms with van der Waals surface area (Å²) >= 11 is 0. The van der Waals surface area contributed by atoms with Crippen molar-refractivity contribution in [3.05, 3.63) is 30.0 Å². The summed E-state index contributed by atoms with van der Waals surface area (Å²) < 4.78 is 5.39. The molecule has 1 aromatic carbocycles. The second-order valence-corrected chi connectivity index (χ2v) is 6.35. The molecule has 3 heterocycles. The molecule has 8 heteroatoms. The summed E-state index contributed by atoms with van der Waals surface area (Å²) in [5.74, 6) is 1.13. The number of anilines is 5. The number of aryl methyl sites for hydroxylation is 1. The molecule has 0 atom stereocenters. The van der Waals surface area contributed by atoms with Crippen LogP contribution in [0.3, 0.4) is 0 Å². The number of ether oxygens (including phenoxy) is 1. The molecule has 0 bridgehead atoms. The van der Waals surface area contributed by atoms with E-state index in [1.54, 1.807) is 0 Å². The lowest BCUT2D eigenvalue weighted by molar-refractivity contribution is -0.115. The highest BCUT2D eigenvalue weighted by molar-refractivity contribution is 5.96. The molecular formula is C18H22N6O2. The van der Waals surface area contributed by atoms with Gasteiger partial charge in [0.15, 0.2) is 5.82 Å². The second-order valence-electron chi connectivity index (χ2n) is 6.35. The molecule has 26 heavy (non-hydrogen) atoms. The number of nitrogens with zero attached hydrogens (tertiary/aromatic N) is 3. The number of carbonyl (C=O) groups is 1. The molecule has 2 aliphatic heterocycles. The summed E-state index contributed by atoms with van der Waals surface area (Å²) in [7, 11) is 0. The van der Waals surface area contributed by atoms with Crippen molar-refractivity contribution < 1.29 is 9.53 Å². The zero-order valence-electron chi connectivity index (χ0n) is 14.7. The smallest absolute Gasteiger partial charge is 0.229 e. The zero-order chi connectivity index (χ0) is 17.9. The maximum absolute atomic E-state index is 11.7. The van der Waals surface area contributed by atoms with E-state index in [1.165, 1.54) is 5.69 Å². The first-order chi connectivity index (χ1) is 12.7. The Morgan fingerprint density at radius 3 is 2.69 bits per heavy atom. The Labute approximate surface area is 152 Å². The van der Waals surface area contributed by atoms with E-state index in [0.29, 0.717) is 30.4 Å². The Balaban J connectivity index is 1.51. The van der Waals surface area contributed by atoms with Crippen molar-refractivity contribution in [3.63, 3.8) is 0 Å². The Hall–Kier alpha value is -2.87. The number of morpholine rings is 1. The third-order valence-corrected chi connectivity index (χ3v) is 4.50. The van der Waals surface area contributed by atoms with Gasteiger partial charge in [-0.1, -0.05) is 0 Å². The van der Waals surface area contributed by atoms with E-state index < -0.39 is 0 Å². The van der Waals surface area contributed by atoms with Crippen LogP contribution in [-0.4, -0.2) is 48.7 Å². The molecule has 1 fully saturated rings. The quantitative estimate of drug-likeness (QED) is 0.778. The van der Waals surface area contributed by atoms with Crippen LogP contribution < -0.4 is 20.9 Å². The van der Waals surface area contributed by atoms with Crippen molar-refractivity contribution >= 4 is 34.7 Å². The molecule has 4 rings (SSSR count). The average Bonchev–Trinajstić information content (AvgIpc) is 2.85. The van der Waals surface area contributed by atoms with Crippen LogP contribution in [0.5, 0.6) is 0 Å². The first kappa shape index (κ1) is 16.6. The highest BCUT2D eigenvalue weighted by Gasteiger charge is 2.18. The highest BCUT2D eigenvalue weighted by atomic mass is 16.5. The number of fused-ring (bicyclic) bond motifs is 1. The van der Waals surface area contributed by atoms with Crippen LogP contribution in [-0.2, 0) is 9.53 Å². The summed E-state index contributed by atoms with van der Waals surface area (Å²) in [4.78, 5) is 23.0. The van der Waals surface area contributed by atoms with Gasteiger partial charge in [-0.3, -0.25) is 4.79 Å². The molecule has 8 nitrogen and oxygen atoms in total. The third kappa shape index (κ3) is 3.55. The van der Waals surface area contributed by atoms with Crippen LogP contribution in [0, 0.1) is 6.92 Å². The number of amides is 1. The van der Waals surface area contributed by atoms with Crippen molar-refractivity contribution in [2.24, 2.45) is 0 Å². The fourth-order valence-electron chi connectivity index (χ4n) is 3.11. The van der Waals surface area contributed by atoms with Crippen molar-refractivity contribution in [3.8, 4) is 0 Å². The zero-order valence-corrected chi connectivity index (χ0v) is 14.7. The van der Waals surface area contributed by atoms with Gasteiger partial charge in [0.2, 0.25) is 11.9 Å². The van der Waals surface area contributed by atoms with Crippen LogP contribution in [0.1, 0.15) is 12.1 Å². The molecule has 1 amide bonds. The van der Waals surface area contributed by atoms with Crippen molar-refractivity contribution in [1.29, 1.82) is 0 Å². The van der Waals surface area contributed by atoms with E-state index in [9.17, 15) is 4.79 Å². The van der Waals surface area contributed by atoms with Gasteiger partial charge in [-0.05, 0) is 31.2 Å². The predicted octanol–water partition coefficient (Wildman–Crippen LogP) is 2.12. The monoisotopic (exact) mass is 354 g/mol. The Morgan fingerprint density at radius 2 is 1.92 bits per heavy atom. The molecule has 2 aromatic rings. The number of hydrogen-bond donors (Lipinski definition) is 3. The van der Waals surface area contributed by atoms with Gasteiger partial charge in [-0.15, -0.1) is 0 Å². The topological polar surface area (TPSA) is 91.4 Å². The number of nitrogens with one attached hydrogen (secondary N) is 3. The lowest BCUT2D eigenvalue weighted by atomic mass is 10.2. The molecular weight excluding hydrogens is 332 g/mol. The molecule has 0 saturated carbocycles. The third-order valence-electron chi connectivity index (χ3n) is 4.50. The van der Waals surface area contributed by atoms with E-state index in [2.05, 4.69) is 43.0 Å². The minimum absolute atomic E-state index is 0.0256. The standard InChI is InChI=1S/C18H22N6O2/c1-12-16-17(19-7-6-15(25)22-16)23-18(20-12)21-13-2-4-14(5-3-13)24-8-10-26-11-9-24/h2-5H,6-11H2,1H3,(H,22,25)(H2,19,20,21,23). The van der Waals surface area contributed by atoms with Crippen LogP contribution in [0.25, 0.3) is 0 Å². The van der Waals surface area contributed by atoms with Crippen LogP contribution in [0.15, 0.2) is 24.3 Å². The van der Waals surface area contributed by atoms with Crippen LogP contribution in [0.2, 0.25) is 0 Å². The lowest BCUT2D eigenvalue weighted by Gasteiger charge is -2.28. The van der Waals surface area contributed by atoms with Gasteiger partial charge in [0.25, 0.3) is 0 Å². The number of aromatic nitrogens is 2. The van der Waals surface area contributed by atoms with Gasteiger partial charge >= 0.3 is 0 Å². The molecule has 0 radical (unpaired) electrons. The SMILES string of the molecule is Cc1nc(Nc2ccc(N3CCOCC3)cc2)nc2c1NC(=O)CCN2. The number of rotatable bonds is 3. The van der Waals surface area contributed by atoms with Crippen molar-refractivity contribution in [2.75, 3.05) is 53.7 Å². The van der Waals surface area contributed by atoms with Crippen LogP contribution >= 0.6 is 0 Å². The van der Waals surface area contributed by atoms with E-state index >= 15 is 0 Å². The first-order valence-corrected chi connectivity index (χ1v) is 8.81. The van der Waals surface area contributed by atoms with Gasteiger partial charge in [0.05, 0.1) is 18.9 Å². The normalized spacial score (nSPS) is 17.0. The van der Waals surface area contributed by atoms with Gasteiger partial charge < -0.3 is 25.6 Å². The van der Waals surface area contributed by atoms with Crippen molar-refractivity contribution in [1.82, 2.24) is 9.97 Å². The molecule has 0 aliphatic carbocycles.